The van der Waals surface area contributed by atoms with Gasteiger partial charge in [-0.1, -0.05) is 18.7 Å². The molecule has 0 fully saturated rings. The fraction of sp³-hybridized carbons (Fsp3) is 0.188. The van der Waals surface area contributed by atoms with Gasteiger partial charge in [0.05, 0.1) is 18.6 Å². The summed E-state index contributed by atoms with van der Waals surface area (Å²) in [6.07, 6.45) is 6.44. The Balaban J connectivity index is 1.97. The molecule has 2 aliphatic rings. The van der Waals surface area contributed by atoms with E-state index in [0.29, 0.717) is 6.61 Å². The Hall–Kier alpha value is -2.47. The molecule has 2 aliphatic heterocycles. The van der Waals surface area contributed by atoms with Crippen molar-refractivity contribution < 1.29 is 4.74 Å². The molecule has 1 aromatic rings. The molecule has 94 valence electrons. The molecule has 0 amide bonds. The second-order valence-electron chi connectivity index (χ2n) is 4.65. The summed E-state index contributed by atoms with van der Waals surface area (Å²) in [5.41, 5.74) is 4.17. The molecule has 0 spiro atoms. The van der Waals surface area contributed by atoms with Crippen LogP contribution in [0.2, 0.25) is 0 Å². The lowest BCUT2D eigenvalue weighted by Crippen LogP contribution is -2.12. The fourth-order valence-corrected chi connectivity index (χ4v) is 2.30. The number of hydrogen-bond donors (Lipinski definition) is 1. The number of nitrogens with zero attached hydrogens (tertiary/aromatic N) is 1. The first-order valence-corrected chi connectivity index (χ1v) is 6.28. The Bertz CT molecular complexity index is 635. The highest BCUT2D eigenvalue weighted by molar-refractivity contribution is 5.75. The van der Waals surface area contributed by atoms with E-state index in [1.54, 1.807) is 0 Å². The minimum Gasteiger partial charge on any atom is -0.493 e. The molecule has 3 nitrogen and oxygen atoms in total. The van der Waals surface area contributed by atoms with Crippen molar-refractivity contribution in [2.45, 2.75) is 6.42 Å². The molecule has 1 atom stereocenters. The smallest absolute Gasteiger partial charge is 0.127 e. The Morgan fingerprint density at radius 1 is 1.42 bits per heavy atom. The molecule has 0 aliphatic carbocycles. The topological polar surface area (TPSA) is 45.0 Å². The van der Waals surface area contributed by atoms with E-state index in [-0.39, 0.29) is 5.92 Å². The second-order valence-corrected chi connectivity index (χ2v) is 4.65. The molecule has 0 aromatic heterocycles. The van der Waals surface area contributed by atoms with Crippen LogP contribution in [-0.4, -0.2) is 6.61 Å². The summed E-state index contributed by atoms with van der Waals surface area (Å²) in [5, 5.41) is 12.1. The molecule has 1 aromatic carbocycles. The maximum atomic E-state index is 8.97. The van der Waals surface area contributed by atoms with Gasteiger partial charge in [-0.15, -0.1) is 0 Å². The lowest BCUT2D eigenvalue weighted by molar-refractivity contribution is 0.316. The number of hydrogen-bond acceptors (Lipinski definition) is 3. The van der Waals surface area contributed by atoms with Crippen LogP contribution in [0, 0.1) is 17.2 Å². The van der Waals surface area contributed by atoms with Gasteiger partial charge in [-0.05, 0) is 30.0 Å². The molecule has 3 heteroatoms. The van der Waals surface area contributed by atoms with Crippen LogP contribution in [0.15, 0.2) is 43.1 Å². The molecule has 1 N–H and O–H groups in total. The van der Waals surface area contributed by atoms with Crippen LogP contribution in [0.3, 0.4) is 0 Å². The molecule has 0 bridgehead atoms. The first kappa shape index (κ1) is 11.6. The largest absolute Gasteiger partial charge is 0.493 e. The van der Waals surface area contributed by atoms with Gasteiger partial charge in [0.2, 0.25) is 0 Å². The lowest BCUT2D eigenvalue weighted by atomic mass is 9.97. The standard InChI is InChI=1S/C16H14N2O/c1-11-5-7-19-16-9-13(2-3-14(11)16)15-8-12(10-17)4-6-18-15/h2-4,6,8-9,12,18H,1,5,7H2. The van der Waals surface area contributed by atoms with Crippen LogP contribution >= 0.6 is 0 Å². The fourth-order valence-electron chi connectivity index (χ4n) is 2.30. The monoisotopic (exact) mass is 250 g/mol. The predicted molar refractivity (Wildman–Crippen MR) is 74.9 cm³/mol. The van der Waals surface area contributed by atoms with E-state index in [1.807, 2.05) is 36.6 Å². The average molecular weight is 250 g/mol. The first-order chi connectivity index (χ1) is 9.28. The Labute approximate surface area is 112 Å². The van der Waals surface area contributed by atoms with Gasteiger partial charge in [-0.25, -0.2) is 0 Å². The third-order valence-electron chi connectivity index (χ3n) is 3.37. The van der Waals surface area contributed by atoms with Gasteiger partial charge in [0.15, 0.2) is 0 Å². The third kappa shape index (κ3) is 2.13. The SMILES string of the molecule is C=C1CCOc2cc(C3=CC(C#N)C=CN3)ccc21. The molecule has 1 unspecified atom stereocenters. The van der Waals surface area contributed by atoms with E-state index in [9.17, 15) is 0 Å². The van der Waals surface area contributed by atoms with Crippen molar-refractivity contribution in [3.8, 4) is 11.8 Å². The Morgan fingerprint density at radius 3 is 3.16 bits per heavy atom. The molecule has 3 rings (SSSR count). The van der Waals surface area contributed by atoms with Crippen molar-refractivity contribution in [3.63, 3.8) is 0 Å². The zero-order valence-electron chi connectivity index (χ0n) is 10.5. The highest BCUT2D eigenvalue weighted by atomic mass is 16.5. The molecular weight excluding hydrogens is 236 g/mol. The number of fused-ring (bicyclic) bond motifs is 1. The van der Waals surface area contributed by atoms with Gasteiger partial charge in [-0.2, -0.15) is 5.26 Å². The summed E-state index contributed by atoms with van der Waals surface area (Å²) in [7, 11) is 0. The molecule has 2 heterocycles. The summed E-state index contributed by atoms with van der Waals surface area (Å²) < 4.78 is 5.68. The van der Waals surface area contributed by atoms with E-state index < -0.39 is 0 Å². The highest BCUT2D eigenvalue weighted by Gasteiger charge is 2.16. The van der Waals surface area contributed by atoms with Gasteiger partial charge in [-0.3, -0.25) is 0 Å². The molecule has 19 heavy (non-hydrogen) atoms. The molecule has 0 saturated carbocycles. The zero-order chi connectivity index (χ0) is 13.2. The number of benzene rings is 1. The van der Waals surface area contributed by atoms with Crippen LogP contribution in [0.5, 0.6) is 5.75 Å². The van der Waals surface area contributed by atoms with Gasteiger partial charge >= 0.3 is 0 Å². The maximum absolute atomic E-state index is 8.97. The first-order valence-electron chi connectivity index (χ1n) is 6.28. The van der Waals surface area contributed by atoms with Gasteiger partial charge in [0.25, 0.3) is 0 Å². The van der Waals surface area contributed by atoms with Crippen LogP contribution in [-0.2, 0) is 0 Å². The van der Waals surface area contributed by atoms with E-state index >= 15 is 0 Å². The number of ether oxygens (including phenoxy) is 1. The van der Waals surface area contributed by atoms with Gasteiger partial charge < -0.3 is 10.1 Å². The summed E-state index contributed by atoms with van der Waals surface area (Å²) >= 11 is 0. The number of nitrogens with one attached hydrogen (secondary N) is 1. The van der Waals surface area contributed by atoms with Crippen molar-refractivity contribution in [2.24, 2.45) is 5.92 Å². The minimum absolute atomic E-state index is 0.178. The van der Waals surface area contributed by atoms with Gasteiger partial charge in [0, 0.05) is 23.2 Å². The number of nitriles is 1. The van der Waals surface area contributed by atoms with E-state index in [4.69, 9.17) is 10.00 Å². The van der Waals surface area contributed by atoms with Crippen molar-refractivity contribution in [3.05, 3.63) is 54.3 Å². The van der Waals surface area contributed by atoms with Crippen molar-refractivity contribution >= 4 is 11.3 Å². The van der Waals surface area contributed by atoms with Crippen LogP contribution in [0.4, 0.5) is 0 Å². The van der Waals surface area contributed by atoms with Crippen molar-refractivity contribution in [1.82, 2.24) is 5.32 Å². The molecule has 0 saturated heterocycles. The second kappa shape index (κ2) is 4.66. The van der Waals surface area contributed by atoms with Crippen LogP contribution < -0.4 is 10.1 Å². The number of allylic oxidation sites excluding steroid dienone is 2. The average Bonchev–Trinajstić information content (AvgIpc) is 2.47. The number of rotatable bonds is 1. The number of dihydropyridines is 1. The quantitative estimate of drug-likeness (QED) is 0.833. The Morgan fingerprint density at radius 2 is 2.32 bits per heavy atom. The lowest BCUT2D eigenvalue weighted by Gasteiger charge is -2.21. The van der Waals surface area contributed by atoms with Crippen LogP contribution in [0.1, 0.15) is 17.5 Å². The highest BCUT2D eigenvalue weighted by Crippen LogP contribution is 2.34. The van der Waals surface area contributed by atoms with E-state index in [2.05, 4.69) is 18.0 Å². The summed E-state index contributed by atoms with van der Waals surface area (Å²) in [6, 6.07) is 8.30. The van der Waals surface area contributed by atoms with E-state index in [1.165, 1.54) is 0 Å². The molecular formula is C16H14N2O. The van der Waals surface area contributed by atoms with Crippen molar-refractivity contribution in [1.29, 1.82) is 5.26 Å². The zero-order valence-corrected chi connectivity index (χ0v) is 10.5. The van der Waals surface area contributed by atoms with Gasteiger partial charge in [0.1, 0.15) is 5.75 Å². The predicted octanol–water partition coefficient (Wildman–Crippen LogP) is 3.08. The summed E-state index contributed by atoms with van der Waals surface area (Å²) in [6.45, 7) is 4.74. The summed E-state index contributed by atoms with van der Waals surface area (Å²) in [4.78, 5) is 0. The molecule has 0 radical (unpaired) electrons. The van der Waals surface area contributed by atoms with Crippen molar-refractivity contribution in [2.75, 3.05) is 6.61 Å². The van der Waals surface area contributed by atoms with E-state index in [0.717, 1.165) is 34.6 Å². The van der Waals surface area contributed by atoms with Crippen LogP contribution in [0.25, 0.3) is 11.3 Å². The normalized spacial score (nSPS) is 20.7. The summed E-state index contributed by atoms with van der Waals surface area (Å²) in [5.74, 6) is 0.697. The maximum Gasteiger partial charge on any atom is 0.127 e. The third-order valence-corrected chi connectivity index (χ3v) is 3.37. The Kier molecular flexibility index (Phi) is 2.85. The minimum atomic E-state index is -0.178.